The van der Waals surface area contributed by atoms with Gasteiger partial charge in [0.15, 0.2) is 0 Å². The van der Waals surface area contributed by atoms with Crippen molar-refractivity contribution >= 4 is 5.78 Å². The number of rotatable bonds is 1. The van der Waals surface area contributed by atoms with Crippen molar-refractivity contribution < 1.29 is 9.53 Å². The van der Waals surface area contributed by atoms with Crippen LogP contribution in [-0.4, -0.2) is 12.9 Å². The molecular formula is C18H20O2. The molecule has 4 rings (SSSR count). The quantitative estimate of drug-likeness (QED) is 0.727. The number of ether oxygens (including phenoxy) is 1. The summed E-state index contributed by atoms with van der Waals surface area (Å²) < 4.78 is 5.34. The van der Waals surface area contributed by atoms with Crippen LogP contribution in [0, 0.1) is 11.8 Å². The van der Waals surface area contributed by atoms with Gasteiger partial charge in [-0.05, 0) is 60.8 Å². The molecule has 0 bridgehead atoms. The number of ketones is 1. The number of hydrogen-bond donors (Lipinski definition) is 0. The lowest BCUT2D eigenvalue weighted by Gasteiger charge is -2.40. The first kappa shape index (κ1) is 12.2. The van der Waals surface area contributed by atoms with E-state index in [4.69, 9.17) is 4.74 Å². The number of aryl methyl sites for hydroxylation is 1. The molecule has 1 aromatic rings. The zero-order valence-electron chi connectivity index (χ0n) is 11.9. The minimum atomic E-state index is 0.260. The lowest BCUT2D eigenvalue weighted by Crippen LogP contribution is -2.31. The number of fused-ring (bicyclic) bond motifs is 5. The van der Waals surface area contributed by atoms with Crippen LogP contribution in [0.2, 0.25) is 0 Å². The third-order valence-corrected chi connectivity index (χ3v) is 5.48. The molecule has 0 unspecified atom stereocenters. The molecule has 3 aliphatic rings. The van der Waals surface area contributed by atoms with Gasteiger partial charge in [-0.15, -0.1) is 0 Å². The van der Waals surface area contributed by atoms with E-state index < -0.39 is 0 Å². The Kier molecular flexibility index (Phi) is 2.73. The molecule has 0 N–H and O–H groups in total. The smallest absolute Gasteiger partial charge is 0.143 e. The average Bonchev–Trinajstić information content (AvgIpc) is 2.88. The molecule has 1 aromatic carbocycles. The molecule has 104 valence electrons. The van der Waals surface area contributed by atoms with Crippen LogP contribution >= 0.6 is 0 Å². The Labute approximate surface area is 119 Å². The van der Waals surface area contributed by atoms with E-state index in [2.05, 4.69) is 24.3 Å². The molecule has 3 aliphatic carbocycles. The predicted molar refractivity (Wildman–Crippen MR) is 78.0 cm³/mol. The average molecular weight is 268 g/mol. The molecule has 1 fully saturated rings. The van der Waals surface area contributed by atoms with Gasteiger partial charge < -0.3 is 4.74 Å². The molecule has 0 aromatic heterocycles. The van der Waals surface area contributed by atoms with E-state index in [0.717, 1.165) is 25.0 Å². The van der Waals surface area contributed by atoms with E-state index in [1.54, 1.807) is 7.11 Å². The van der Waals surface area contributed by atoms with Crippen molar-refractivity contribution in [2.24, 2.45) is 11.8 Å². The van der Waals surface area contributed by atoms with Crippen LogP contribution in [0.1, 0.15) is 42.7 Å². The highest BCUT2D eigenvalue weighted by Crippen LogP contribution is 2.52. The summed E-state index contributed by atoms with van der Waals surface area (Å²) in [5.74, 6) is 2.92. The van der Waals surface area contributed by atoms with E-state index in [1.807, 2.05) is 0 Å². The minimum Gasteiger partial charge on any atom is -0.497 e. The molecule has 0 saturated heterocycles. The Morgan fingerprint density at radius 1 is 1.15 bits per heavy atom. The van der Waals surface area contributed by atoms with Crippen LogP contribution < -0.4 is 4.74 Å². The summed E-state index contributed by atoms with van der Waals surface area (Å²) in [5, 5.41) is 0. The Morgan fingerprint density at radius 2 is 2.05 bits per heavy atom. The predicted octanol–water partition coefficient (Wildman–Crippen LogP) is 3.65. The minimum absolute atomic E-state index is 0.260. The summed E-state index contributed by atoms with van der Waals surface area (Å²) in [4.78, 5) is 11.9. The van der Waals surface area contributed by atoms with Gasteiger partial charge >= 0.3 is 0 Å². The van der Waals surface area contributed by atoms with Crippen LogP contribution in [-0.2, 0) is 11.2 Å². The Balaban J connectivity index is 1.71. The van der Waals surface area contributed by atoms with E-state index >= 15 is 0 Å². The first-order valence-corrected chi connectivity index (χ1v) is 7.67. The van der Waals surface area contributed by atoms with E-state index in [9.17, 15) is 4.79 Å². The second kappa shape index (κ2) is 4.47. The molecule has 0 amide bonds. The second-order valence-corrected chi connectivity index (χ2v) is 6.32. The van der Waals surface area contributed by atoms with Gasteiger partial charge in [0.25, 0.3) is 0 Å². The van der Waals surface area contributed by atoms with Gasteiger partial charge in [-0.2, -0.15) is 0 Å². The number of Topliss-reactive ketones (excluding diaryl/α,β-unsaturated/α-hetero) is 1. The third-order valence-electron chi connectivity index (χ3n) is 5.48. The zero-order chi connectivity index (χ0) is 13.7. The molecule has 0 aliphatic heterocycles. The zero-order valence-corrected chi connectivity index (χ0v) is 11.9. The third kappa shape index (κ3) is 1.67. The number of allylic oxidation sites excluding steroid dienone is 2. The fourth-order valence-electron chi connectivity index (χ4n) is 4.54. The van der Waals surface area contributed by atoms with Crippen molar-refractivity contribution in [2.45, 2.75) is 38.0 Å². The number of benzene rings is 1. The Morgan fingerprint density at radius 3 is 2.90 bits per heavy atom. The van der Waals surface area contributed by atoms with Crippen LogP contribution in [0.5, 0.6) is 5.75 Å². The monoisotopic (exact) mass is 268 g/mol. The SMILES string of the molecule is COc1ccc2c(c1)CC[C@H]1C3=CCC(=O)[C@H]3CC[C@H]21. The highest BCUT2D eigenvalue weighted by atomic mass is 16.5. The van der Waals surface area contributed by atoms with Crippen molar-refractivity contribution in [3.8, 4) is 5.75 Å². The summed E-state index contributed by atoms with van der Waals surface area (Å²) >= 11 is 0. The van der Waals surface area contributed by atoms with Gasteiger partial charge in [-0.1, -0.05) is 17.7 Å². The maximum absolute atomic E-state index is 11.9. The van der Waals surface area contributed by atoms with Crippen LogP contribution in [0.4, 0.5) is 0 Å². The molecule has 2 heteroatoms. The van der Waals surface area contributed by atoms with Gasteiger partial charge in [0.05, 0.1) is 7.11 Å². The highest BCUT2D eigenvalue weighted by molar-refractivity contribution is 5.88. The summed E-state index contributed by atoms with van der Waals surface area (Å²) in [5.41, 5.74) is 4.42. The van der Waals surface area contributed by atoms with Crippen molar-refractivity contribution in [1.29, 1.82) is 0 Å². The van der Waals surface area contributed by atoms with Crippen molar-refractivity contribution in [2.75, 3.05) is 7.11 Å². The first-order valence-electron chi connectivity index (χ1n) is 7.67. The lowest BCUT2D eigenvalue weighted by atomic mass is 9.63. The largest absolute Gasteiger partial charge is 0.497 e. The molecule has 0 heterocycles. The van der Waals surface area contributed by atoms with Gasteiger partial charge in [0.1, 0.15) is 11.5 Å². The Bertz CT molecular complexity index is 599. The molecule has 0 spiro atoms. The van der Waals surface area contributed by atoms with Gasteiger partial charge in [-0.25, -0.2) is 0 Å². The molecule has 20 heavy (non-hydrogen) atoms. The molecule has 3 atom stereocenters. The lowest BCUT2D eigenvalue weighted by molar-refractivity contribution is -0.120. The number of hydrogen-bond acceptors (Lipinski definition) is 2. The maximum atomic E-state index is 11.9. The number of carbonyl (C=O) groups is 1. The fraction of sp³-hybridized carbons (Fsp3) is 0.500. The second-order valence-electron chi connectivity index (χ2n) is 6.32. The van der Waals surface area contributed by atoms with Gasteiger partial charge in [0.2, 0.25) is 0 Å². The van der Waals surface area contributed by atoms with Crippen LogP contribution in [0.25, 0.3) is 0 Å². The van der Waals surface area contributed by atoms with Crippen LogP contribution in [0.15, 0.2) is 29.8 Å². The molecule has 1 saturated carbocycles. The first-order chi connectivity index (χ1) is 9.78. The van der Waals surface area contributed by atoms with E-state index in [0.29, 0.717) is 24.0 Å². The van der Waals surface area contributed by atoms with Gasteiger partial charge in [0, 0.05) is 12.3 Å². The maximum Gasteiger partial charge on any atom is 0.143 e. The molecular weight excluding hydrogens is 248 g/mol. The topological polar surface area (TPSA) is 26.3 Å². The number of methoxy groups -OCH3 is 1. The number of carbonyl (C=O) groups excluding carboxylic acids is 1. The highest BCUT2D eigenvalue weighted by Gasteiger charge is 2.42. The molecule has 2 nitrogen and oxygen atoms in total. The van der Waals surface area contributed by atoms with E-state index in [-0.39, 0.29) is 5.92 Å². The van der Waals surface area contributed by atoms with Crippen LogP contribution in [0.3, 0.4) is 0 Å². The fourth-order valence-corrected chi connectivity index (χ4v) is 4.54. The standard InChI is InChI=1S/C18H20O2/c1-20-12-3-5-13-11(10-12)2-4-15-14(13)6-7-17-16(15)8-9-18(17)19/h3,5,8,10,14-15,17H,2,4,6-7,9H2,1H3/t14-,15-,17+/m1/s1. The summed E-state index contributed by atoms with van der Waals surface area (Å²) in [6.07, 6.45) is 7.44. The normalized spacial score (nSPS) is 31.1. The van der Waals surface area contributed by atoms with E-state index in [1.165, 1.54) is 23.1 Å². The summed E-state index contributed by atoms with van der Waals surface area (Å²) in [7, 11) is 1.73. The Hall–Kier alpha value is -1.57. The summed E-state index contributed by atoms with van der Waals surface area (Å²) in [6.45, 7) is 0. The van der Waals surface area contributed by atoms with Crippen molar-refractivity contribution in [3.05, 3.63) is 41.0 Å². The van der Waals surface area contributed by atoms with Gasteiger partial charge in [-0.3, -0.25) is 4.79 Å². The molecule has 0 radical (unpaired) electrons. The van der Waals surface area contributed by atoms with Crippen molar-refractivity contribution in [1.82, 2.24) is 0 Å². The summed E-state index contributed by atoms with van der Waals surface area (Å²) in [6, 6.07) is 6.54. The van der Waals surface area contributed by atoms with Crippen molar-refractivity contribution in [3.63, 3.8) is 0 Å².